The zero-order chi connectivity index (χ0) is 15.1. The van der Waals surface area contributed by atoms with Crippen LogP contribution in [0.3, 0.4) is 0 Å². The quantitative estimate of drug-likeness (QED) is 0.584. The highest BCUT2D eigenvalue weighted by molar-refractivity contribution is 5.29. The van der Waals surface area contributed by atoms with Gasteiger partial charge in [-0.25, -0.2) is 0 Å². The molecule has 2 atom stereocenters. The van der Waals surface area contributed by atoms with Crippen LogP contribution < -0.4 is 16.0 Å². The Morgan fingerprint density at radius 2 is 2.38 bits per heavy atom. The molecule has 5 nitrogen and oxygen atoms in total. The summed E-state index contributed by atoms with van der Waals surface area (Å²) in [6.45, 7) is 6.06. The fraction of sp³-hybridized carbons (Fsp3) is 0.625. The predicted molar refractivity (Wildman–Crippen MR) is 84.3 cm³/mol. The van der Waals surface area contributed by atoms with Crippen molar-refractivity contribution in [3.05, 3.63) is 29.8 Å². The van der Waals surface area contributed by atoms with E-state index in [-0.39, 0.29) is 12.1 Å². The number of hydrogen-bond acceptors (Lipinski definition) is 5. The van der Waals surface area contributed by atoms with E-state index in [0.717, 1.165) is 38.4 Å². The summed E-state index contributed by atoms with van der Waals surface area (Å²) in [6.07, 6.45) is 2.13. The molecule has 1 fully saturated rings. The van der Waals surface area contributed by atoms with Gasteiger partial charge in [0.05, 0.1) is 25.9 Å². The second-order valence-electron chi connectivity index (χ2n) is 5.54. The Labute approximate surface area is 127 Å². The molecule has 118 valence electrons. The molecule has 0 aromatic heterocycles. The van der Waals surface area contributed by atoms with E-state index in [4.69, 9.17) is 15.3 Å². The molecule has 0 bridgehead atoms. The molecule has 21 heavy (non-hydrogen) atoms. The Balaban J connectivity index is 1.98. The van der Waals surface area contributed by atoms with E-state index in [9.17, 15) is 0 Å². The number of morpholine rings is 1. The summed E-state index contributed by atoms with van der Waals surface area (Å²) in [5.41, 5.74) is 4.13. The van der Waals surface area contributed by atoms with Gasteiger partial charge in [0, 0.05) is 13.1 Å². The van der Waals surface area contributed by atoms with Crippen molar-refractivity contribution in [2.24, 2.45) is 5.84 Å². The van der Waals surface area contributed by atoms with Gasteiger partial charge >= 0.3 is 0 Å². The van der Waals surface area contributed by atoms with Gasteiger partial charge < -0.3 is 9.47 Å². The third kappa shape index (κ3) is 4.68. The Morgan fingerprint density at radius 1 is 1.52 bits per heavy atom. The number of benzene rings is 1. The predicted octanol–water partition coefficient (Wildman–Crippen LogP) is 1.18. The molecule has 0 amide bonds. The topological polar surface area (TPSA) is 59.8 Å². The standard InChI is InChI=1S/C16H27N3O2/c1-3-7-19-8-9-21-16(12-19)15(18-17)11-13-5-4-6-14(10-13)20-2/h4-6,10,15-16,18H,3,7-9,11-12,17H2,1-2H3. The third-order valence-electron chi connectivity index (χ3n) is 3.97. The van der Waals surface area contributed by atoms with E-state index in [0.29, 0.717) is 0 Å². The van der Waals surface area contributed by atoms with Crippen LogP contribution in [-0.2, 0) is 11.2 Å². The molecule has 5 heteroatoms. The van der Waals surface area contributed by atoms with Crippen LogP contribution in [0.5, 0.6) is 5.75 Å². The highest BCUT2D eigenvalue weighted by atomic mass is 16.5. The molecule has 1 heterocycles. The molecule has 0 radical (unpaired) electrons. The molecule has 0 saturated carbocycles. The first-order valence-electron chi connectivity index (χ1n) is 7.69. The van der Waals surface area contributed by atoms with Gasteiger partial charge in [-0.15, -0.1) is 0 Å². The maximum atomic E-state index is 5.92. The normalized spacial score (nSPS) is 21.2. The van der Waals surface area contributed by atoms with Crippen LogP contribution in [0.1, 0.15) is 18.9 Å². The summed E-state index contributed by atoms with van der Waals surface area (Å²) in [5.74, 6) is 6.64. The molecule has 3 N–H and O–H groups in total. The summed E-state index contributed by atoms with van der Waals surface area (Å²) >= 11 is 0. The average Bonchev–Trinajstić information content (AvgIpc) is 2.53. The Kier molecular flexibility index (Phi) is 6.45. The van der Waals surface area contributed by atoms with Crippen molar-refractivity contribution < 1.29 is 9.47 Å². The number of rotatable bonds is 7. The number of methoxy groups -OCH3 is 1. The largest absolute Gasteiger partial charge is 0.497 e. The zero-order valence-corrected chi connectivity index (χ0v) is 13.0. The maximum Gasteiger partial charge on any atom is 0.119 e. The Morgan fingerprint density at radius 3 is 3.10 bits per heavy atom. The molecular weight excluding hydrogens is 266 g/mol. The number of nitrogens with two attached hydrogens (primary N) is 1. The Bertz CT molecular complexity index is 426. The molecule has 1 saturated heterocycles. The van der Waals surface area contributed by atoms with Gasteiger partial charge in [0.2, 0.25) is 0 Å². The molecular formula is C16H27N3O2. The SMILES string of the molecule is CCCN1CCOC(C(Cc2cccc(OC)c2)NN)C1. The van der Waals surface area contributed by atoms with Crippen LogP contribution in [0.25, 0.3) is 0 Å². The summed E-state index contributed by atoms with van der Waals surface area (Å²) in [4.78, 5) is 2.45. The second-order valence-corrected chi connectivity index (χ2v) is 5.54. The van der Waals surface area contributed by atoms with Crippen LogP contribution in [-0.4, -0.2) is 50.4 Å². The number of hydrazine groups is 1. The highest BCUT2D eigenvalue weighted by Gasteiger charge is 2.27. The lowest BCUT2D eigenvalue weighted by molar-refractivity contribution is -0.0462. The van der Waals surface area contributed by atoms with Crippen molar-refractivity contribution in [3.63, 3.8) is 0 Å². The van der Waals surface area contributed by atoms with Crippen molar-refractivity contribution in [1.82, 2.24) is 10.3 Å². The minimum absolute atomic E-state index is 0.108. The summed E-state index contributed by atoms with van der Waals surface area (Å²) in [5, 5.41) is 0. The van der Waals surface area contributed by atoms with E-state index in [1.54, 1.807) is 7.11 Å². The Hall–Kier alpha value is -1.14. The van der Waals surface area contributed by atoms with Crippen LogP contribution in [0.2, 0.25) is 0 Å². The summed E-state index contributed by atoms with van der Waals surface area (Å²) < 4.78 is 11.2. The van der Waals surface area contributed by atoms with E-state index >= 15 is 0 Å². The lowest BCUT2D eigenvalue weighted by Gasteiger charge is -2.36. The van der Waals surface area contributed by atoms with Crippen molar-refractivity contribution in [3.8, 4) is 5.75 Å². The number of nitrogens with one attached hydrogen (secondary N) is 1. The van der Waals surface area contributed by atoms with Crippen LogP contribution in [0.15, 0.2) is 24.3 Å². The van der Waals surface area contributed by atoms with Gasteiger partial charge in [-0.2, -0.15) is 0 Å². The molecule has 1 aromatic rings. The van der Waals surface area contributed by atoms with E-state index in [1.807, 2.05) is 12.1 Å². The molecule has 2 rings (SSSR count). The highest BCUT2D eigenvalue weighted by Crippen LogP contribution is 2.17. The fourth-order valence-electron chi connectivity index (χ4n) is 2.85. The monoisotopic (exact) mass is 293 g/mol. The summed E-state index contributed by atoms with van der Waals surface area (Å²) in [6, 6.07) is 8.22. The van der Waals surface area contributed by atoms with Crippen LogP contribution in [0, 0.1) is 0 Å². The van der Waals surface area contributed by atoms with Crippen molar-refractivity contribution >= 4 is 0 Å². The number of hydrogen-bond donors (Lipinski definition) is 2. The van der Waals surface area contributed by atoms with Crippen LogP contribution in [0.4, 0.5) is 0 Å². The first-order valence-corrected chi connectivity index (χ1v) is 7.69. The maximum absolute atomic E-state index is 5.92. The van der Waals surface area contributed by atoms with E-state index < -0.39 is 0 Å². The van der Waals surface area contributed by atoms with Gasteiger partial charge in [0.1, 0.15) is 5.75 Å². The summed E-state index contributed by atoms with van der Waals surface area (Å²) in [7, 11) is 1.69. The number of ether oxygens (including phenoxy) is 2. The molecule has 2 unspecified atom stereocenters. The third-order valence-corrected chi connectivity index (χ3v) is 3.97. The molecule has 0 aliphatic carbocycles. The zero-order valence-electron chi connectivity index (χ0n) is 13.0. The van der Waals surface area contributed by atoms with E-state index in [1.165, 1.54) is 12.0 Å². The van der Waals surface area contributed by atoms with E-state index in [2.05, 4.69) is 29.4 Å². The second kappa shape index (κ2) is 8.34. The van der Waals surface area contributed by atoms with Gasteiger partial charge in [0.15, 0.2) is 0 Å². The first-order chi connectivity index (χ1) is 10.3. The minimum atomic E-state index is 0.108. The van der Waals surface area contributed by atoms with Crippen LogP contribution >= 0.6 is 0 Å². The average molecular weight is 293 g/mol. The minimum Gasteiger partial charge on any atom is -0.497 e. The molecule has 0 spiro atoms. The molecule has 1 aliphatic rings. The van der Waals surface area contributed by atoms with Crippen molar-refractivity contribution in [2.75, 3.05) is 33.4 Å². The van der Waals surface area contributed by atoms with Gasteiger partial charge in [-0.3, -0.25) is 16.2 Å². The fourth-order valence-corrected chi connectivity index (χ4v) is 2.85. The lowest BCUT2D eigenvalue weighted by atomic mass is 10.00. The molecule has 1 aromatic carbocycles. The van der Waals surface area contributed by atoms with Gasteiger partial charge in [-0.05, 0) is 37.1 Å². The van der Waals surface area contributed by atoms with Gasteiger partial charge in [0.25, 0.3) is 0 Å². The first kappa shape index (κ1) is 16.2. The van der Waals surface area contributed by atoms with Crippen molar-refractivity contribution in [2.45, 2.75) is 31.9 Å². The smallest absolute Gasteiger partial charge is 0.119 e. The van der Waals surface area contributed by atoms with Gasteiger partial charge in [-0.1, -0.05) is 19.1 Å². The van der Waals surface area contributed by atoms with Crippen molar-refractivity contribution in [1.29, 1.82) is 0 Å². The lowest BCUT2D eigenvalue weighted by Crippen LogP contribution is -2.54. The molecule has 1 aliphatic heterocycles. The number of nitrogens with zero attached hydrogens (tertiary/aromatic N) is 1.